The number of thiophene rings is 1. The minimum Gasteiger partial charge on any atom is -0.208 e. The molecule has 0 saturated heterocycles. The Labute approximate surface area is 436 Å². The fraction of sp³-hybridized carbons (Fsp3) is 0. The van der Waals surface area contributed by atoms with E-state index in [2.05, 4.69) is 121 Å². The van der Waals surface area contributed by atoms with Crippen LogP contribution < -0.4 is 0 Å². The topological polar surface area (TPSA) is 38.7 Å². The van der Waals surface area contributed by atoms with Crippen molar-refractivity contribution >= 4 is 31.5 Å². The highest BCUT2D eigenvalue weighted by Crippen LogP contribution is 2.41. The van der Waals surface area contributed by atoms with Gasteiger partial charge in [0, 0.05) is 36.9 Å². The molecule has 2 heterocycles. The molecule has 0 aliphatic rings. The van der Waals surface area contributed by atoms with E-state index < -0.39 is 0 Å². The van der Waals surface area contributed by atoms with E-state index in [1.54, 1.807) is 6.07 Å². The van der Waals surface area contributed by atoms with Crippen LogP contribution in [0.2, 0.25) is 0 Å². The monoisotopic (exact) mass is 952 g/mol. The highest BCUT2D eigenvalue weighted by molar-refractivity contribution is 7.25. The predicted octanol–water partition coefficient (Wildman–Crippen LogP) is 18.9. The van der Waals surface area contributed by atoms with Gasteiger partial charge in [0.25, 0.3) is 0 Å². The average molecular weight is 953 g/mol. The lowest BCUT2D eigenvalue weighted by molar-refractivity contribution is 1.07. The number of rotatable bonds is 10. The Balaban J connectivity index is 0.991. The van der Waals surface area contributed by atoms with Crippen LogP contribution in [0.5, 0.6) is 0 Å². The third-order valence-corrected chi connectivity index (χ3v) is 14.3. The van der Waals surface area contributed by atoms with E-state index in [0.29, 0.717) is 48.5 Å². The third kappa shape index (κ3) is 8.93. The lowest BCUT2D eigenvalue weighted by atomic mass is 9.93. The second-order valence-electron chi connectivity index (χ2n) is 18.0. The molecule has 0 bridgehead atoms. The first-order valence-corrected chi connectivity index (χ1v) is 25.1. The van der Waals surface area contributed by atoms with Crippen molar-refractivity contribution in [1.82, 2.24) is 15.0 Å². The maximum Gasteiger partial charge on any atom is 0.164 e. The van der Waals surface area contributed by atoms with Gasteiger partial charge in [-0.15, -0.1) is 11.3 Å². The second-order valence-corrected chi connectivity index (χ2v) is 19.0. The van der Waals surface area contributed by atoms with Crippen molar-refractivity contribution in [3.63, 3.8) is 0 Å². The molecule has 0 saturated carbocycles. The van der Waals surface area contributed by atoms with Crippen LogP contribution in [0.3, 0.4) is 0 Å². The molecule has 0 aliphatic carbocycles. The van der Waals surface area contributed by atoms with Crippen LogP contribution >= 0.6 is 11.3 Å². The largest absolute Gasteiger partial charge is 0.208 e. The maximum atomic E-state index is 9.98. The summed E-state index contributed by atoms with van der Waals surface area (Å²) in [7, 11) is 0. The van der Waals surface area contributed by atoms with E-state index in [-0.39, 0.29) is 41.6 Å². The molecule has 0 spiro atoms. The van der Waals surface area contributed by atoms with Crippen LogP contribution in [0.25, 0.3) is 132 Å². The first-order chi connectivity index (χ1) is 38.2. The molecular weight excluding hydrogens is 903 g/mol. The van der Waals surface area contributed by atoms with Gasteiger partial charge in [-0.1, -0.05) is 212 Å². The SMILES string of the molecule is [2H]c1c(-c2nc(-c3ccc(-c4cccc(-c5ccccc5)c4)cc3)nc(-c3cc(-c4ccccc4)cc(-c4ccccc4)c3)n2)c([2H])c2sc3c([2H])cc(-c4cc(-c5ccccc5)cc(-c5ccccc5)c4)c([2H])c3c2c1[2H]. The number of hydrogen-bond acceptors (Lipinski definition) is 4. The molecule has 0 unspecified atom stereocenters. The van der Waals surface area contributed by atoms with E-state index in [4.69, 9.17) is 15.0 Å². The van der Waals surface area contributed by atoms with Gasteiger partial charge in [-0.25, -0.2) is 15.0 Å². The summed E-state index contributed by atoms with van der Waals surface area (Å²) >= 11 is 1.19. The van der Waals surface area contributed by atoms with E-state index in [1.807, 2.05) is 115 Å². The van der Waals surface area contributed by atoms with Gasteiger partial charge in [0.05, 0.1) is 6.85 Å². The number of benzene rings is 11. The first-order valence-electron chi connectivity index (χ1n) is 26.7. The fourth-order valence-corrected chi connectivity index (χ4v) is 10.5. The number of fused-ring (bicyclic) bond motifs is 3. The standard InChI is InChI=1S/C69H45N3S/c1-6-17-46(18-7-1)53-27-16-28-54(37-53)51-29-31-52(32-30-51)67-70-68(72-69(71-67)62-42-59(49-23-12-4-13-24-49)39-60(43-62)50-25-14-5-15-26-50)56-33-35-63-64-44-55(34-36-65(64)73-66(63)45-56)61-40-57(47-19-8-2-9-20-47)38-58(41-61)48-21-10-3-11-22-48/h1-45H/i33D,35D,36D,44D,45D. The molecule has 0 aliphatic heterocycles. The average Bonchev–Trinajstić information content (AvgIpc) is 4.17. The van der Waals surface area contributed by atoms with Crippen molar-refractivity contribution in [3.8, 4) is 112 Å². The van der Waals surface area contributed by atoms with Crippen molar-refractivity contribution in [2.75, 3.05) is 0 Å². The minimum atomic E-state index is -0.249. The Hall–Kier alpha value is -9.35. The summed E-state index contributed by atoms with van der Waals surface area (Å²) in [6.45, 7) is 0. The summed E-state index contributed by atoms with van der Waals surface area (Å²) in [5.74, 6) is 0.755. The zero-order chi connectivity index (χ0) is 52.9. The first kappa shape index (κ1) is 38.4. The Morgan fingerprint density at radius 3 is 1.07 bits per heavy atom. The Morgan fingerprint density at radius 1 is 0.233 bits per heavy atom. The second kappa shape index (κ2) is 19.1. The predicted molar refractivity (Wildman–Crippen MR) is 307 cm³/mol. The summed E-state index contributed by atoms with van der Waals surface area (Å²) in [4.78, 5) is 15.4. The summed E-state index contributed by atoms with van der Waals surface area (Å²) in [5, 5.41) is 0.668. The lowest BCUT2D eigenvalue weighted by Gasteiger charge is -2.13. The van der Waals surface area contributed by atoms with Crippen LogP contribution in [0.4, 0.5) is 0 Å². The minimum absolute atomic E-state index is 0.0512. The zero-order valence-electron chi connectivity index (χ0n) is 44.3. The molecule has 73 heavy (non-hydrogen) atoms. The molecule has 0 radical (unpaired) electrons. The summed E-state index contributed by atoms with van der Waals surface area (Å²) in [6.07, 6.45) is 0. The van der Waals surface area contributed by atoms with Gasteiger partial charge in [-0.2, -0.15) is 0 Å². The number of nitrogens with zero attached hydrogens (tertiary/aromatic N) is 3. The van der Waals surface area contributed by atoms with Crippen LogP contribution in [0, 0.1) is 0 Å². The van der Waals surface area contributed by atoms with E-state index in [9.17, 15) is 6.85 Å². The van der Waals surface area contributed by atoms with Crippen molar-refractivity contribution < 1.29 is 6.85 Å². The van der Waals surface area contributed by atoms with Crippen LogP contribution in [-0.2, 0) is 0 Å². The van der Waals surface area contributed by atoms with E-state index in [1.165, 1.54) is 11.3 Å². The summed E-state index contributed by atoms with van der Waals surface area (Å²) in [5.41, 5.74) is 15.0. The zero-order valence-corrected chi connectivity index (χ0v) is 40.2. The van der Waals surface area contributed by atoms with Gasteiger partial charge in [0.15, 0.2) is 17.5 Å². The Bertz CT molecular complexity index is 4290. The van der Waals surface area contributed by atoms with Gasteiger partial charge in [0.2, 0.25) is 0 Å². The van der Waals surface area contributed by atoms with Gasteiger partial charge in [-0.3, -0.25) is 0 Å². The summed E-state index contributed by atoms with van der Waals surface area (Å²) < 4.78 is 49.8. The van der Waals surface area contributed by atoms with Crippen molar-refractivity contribution in [2.24, 2.45) is 0 Å². The molecule has 13 aromatic rings. The van der Waals surface area contributed by atoms with Crippen molar-refractivity contribution in [3.05, 3.63) is 273 Å². The normalized spacial score (nSPS) is 12.2. The molecule has 0 fully saturated rings. The molecule has 2 aromatic heterocycles. The molecule has 3 nitrogen and oxygen atoms in total. The van der Waals surface area contributed by atoms with Crippen LogP contribution in [-0.4, -0.2) is 15.0 Å². The molecule has 4 heteroatoms. The molecular formula is C69H45N3S. The fourth-order valence-electron chi connectivity index (χ4n) is 9.50. The third-order valence-electron chi connectivity index (χ3n) is 13.2. The highest BCUT2D eigenvalue weighted by atomic mass is 32.1. The van der Waals surface area contributed by atoms with Crippen molar-refractivity contribution in [1.29, 1.82) is 0 Å². The number of hydrogen-bond donors (Lipinski definition) is 0. The maximum absolute atomic E-state index is 9.98. The van der Waals surface area contributed by atoms with E-state index in [0.717, 1.165) is 72.3 Å². The lowest BCUT2D eigenvalue weighted by Crippen LogP contribution is -2.00. The molecule has 0 atom stereocenters. The smallest absolute Gasteiger partial charge is 0.164 e. The molecule has 13 rings (SSSR count). The van der Waals surface area contributed by atoms with Gasteiger partial charge in [-0.05, 0) is 138 Å². The molecule has 342 valence electrons. The number of aromatic nitrogens is 3. The summed E-state index contributed by atoms with van der Waals surface area (Å²) in [6, 6.07) is 81.4. The van der Waals surface area contributed by atoms with Gasteiger partial charge in [0.1, 0.15) is 0 Å². The Kier molecular flexibility index (Phi) is 10.1. The van der Waals surface area contributed by atoms with Crippen molar-refractivity contribution in [2.45, 2.75) is 0 Å². The molecule has 0 amide bonds. The quantitative estimate of drug-likeness (QED) is 0.137. The van der Waals surface area contributed by atoms with E-state index >= 15 is 0 Å². The van der Waals surface area contributed by atoms with Crippen LogP contribution in [0.1, 0.15) is 6.85 Å². The van der Waals surface area contributed by atoms with Crippen LogP contribution in [0.15, 0.2) is 273 Å². The van der Waals surface area contributed by atoms with Gasteiger partial charge < -0.3 is 0 Å². The molecule has 0 N–H and O–H groups in total. The molecule has 11 aromatic carbocycles. The van der Waals surface area contributed by atoms with Gasteiger partial charge >= 0.3 is 0 Å². The highest BCUT2D eigenvalue weighted by Gasteiger charge is 2.18. The Morgan fingerprint density at radius 2 is 0.589 bits per heavy atom.